The molecule has 0 saturated carbocycles. The molecule has 88 valence electrons. The maximum Gasteiger partial charge on any atom is 0.223 e. The summed E-state index contributed by atoms with van der Waals surface area (Å²) in [6.45, 7) is 8.40. The molecule has 0 spiro atoms. The molecule has 1 atom stereocenters. The average Bonchev–Trinajstić information content (AvgIpc) is 2.36. The second-order valence-electron chi connectivity index (χ2n) is 5.01. The molecule has 3 heteroatoms. The Morgan fingerprint density at radius 1 is 1.53 bits per heavy atom. The lowest BCUT2D eigenvalue weighted by atomic mass is 9.88. The third-order valence-corrected chi connectivity index (χ3v) is 3.60. The Kier molecular flexibility index (Phi) is 4.14. The summed E-state index contributed by atoms with van der Waals surface area (Å²) in [5.41, 5.74) is 0.0231. The molecule has 0 aromatic carbocycles. The lowest BCUT2D eigenvalue weighted by Crippen LogP contribution is -2.46. The Hall–Kier alpha value is -0.570. The quantitative estimate of drug-likeness (QED) is 0.751. The Morgan fingerprint density at radius 3 is 2.73 bits per heavy atom. The van der Waals surface area contributed by atoms with Gasteiger partial charge in [0.15, 0.2) is 0 Å². The summed E-state index contributed by atoms with van der Waals surface area (Å²) in [5, 5.41) is 3.18. The van der Waals surface area contributed by atoms with Gasteiger partial charge in [-0.05, 0) is 27.3 Å². The first kappa shape index (κ1) is 12.5. The fourth-order valence-corrected chi connectivity index (χ4v) is 2.41. The van der Waals surface area contributed by atoms with Crippen molar-refractivity contribution in [3.8, 4) is 0 Å². The van der Waals surface area contributed by atoms with Crippen LogP contribution in [0, 0.1) is 5.92 Å². The summed E-state index contributed by atoms with van der Waals surface area (Å²) >= 11 is 0. The zero-order valence-corrected chi connectivity index (χ0v) is 10.5. The number of nitrogens with zero attached hydrogens (tertiary/aromatic N) is 1. The van der Waals surface area contributed by atoms with Gasteiger partial charge in [-0.1, -0.05) is 13.3 Å². The number of likely N-dealkylation sites (tertiary alicyclic amines) is 1. The van der Waals surface area contributed by atoms with Gasteiger partial charge < -0.3 is 10.2 Å². The topological polar surface area (TPSA) is 32.3 Å². The fourth-order valence-electron chi connectivity index (χ4n) is 2.41. The van der Waals surface area contributed by atoms with Gasteiger partial charge in [0.2, 0.25) is 5.91 Å². The highest BCUT2D eigenvalue weighted by Crippen LogP contribution is 2.35. The van der Waals surface area contributed by atoms with Crippen molar-refractivity contribution in [2.24, 2.45) is 5.92 Å². The number of hydrogen-bond acceptors (Lipinski definition) is 2. The predicted molar refractivity (Wildman–Crippen MR) is 62.7 cm³/mol. The zero-order valence-electron chi connectivity index (χ0n) is 10.5. The normalized spacial score (nSPS) is 24.9. The summed E-state index contributed by atoms with van der Waals surface area (Å²) in [6.07, 6.45) is 2.97. The van der Waals surface area contributed by atoms with Crippen molar-refractivity contribution in [1.82, 2.24) is 10.2 Å². The summed E-state index contributed by atoms with van der Waals surface area (Å²) in [4.78, 5) is 13.9. The molecule has 1 aliphatic heterocycles. The van der Waals surface area contributed by atoms with Crippen LogP contribution in [0.3, 0.4) is 0 Å². The Balaban J connectivity index is 2.66. The van der Waals surface area contributed by atoms with Gasteiger partial charge in [-0.25, -0.2) is 0 Å². The predicted octanol–water partition coefficient (Wildman–Crippen LogP) is 1.63. The number of carbonyl (C=O) groups excluding carboxylic acids is 1. The molecular weight excluding hydrogens is 188 g/mol. The molecule has 1 rings (SSSR count). The molecule has 15 heavy (non-hydrogen) atoms. The van der Waals surface area contributed by atoms with Crippen LogP contribution in [-0.4, -0.2) is 36.5 Å². The number of amides is 1. The summed E-state index contributed by atoms with van der Waals surface area (Å²) < 4.78 is 0. The molecule has 1 aliphatic rings. The van der Waals surface area contributed by atoms with Crippen LogP contribution < -0.4 is 5.32 Å². The molecule has 0 radical (unpaired) electrons. The first-order valence-electron chi connectivity index (χ1n) is 5.99. The van der Waals surface area contributed by atoms with Crippen molar-refractivity contribution in [2.75, 3.05) is 20.1 Å². The molecule has 0 bridgehead atoms. The van der Waals surface area contributed by atoms with Gasteiger partial charge in [-0.15, -0.1) is 0 Å². The van der Waals surface area contributed by atoms with E-state index in [1.807, 2.05) is 7.05 Å². The standard InChI is InChI=1S/C12H24N2O/c1-5-6-7-14-11(15)8-10(9-13-4)12(14,2)3/h10,13H,5-9H2,1-4H3. The lowest BCUT2D eigenvalue weighted by Gasteiger charge is -2.36. The van der Waals surface area contributed by atoms with E-state index in [0.29, 0.717) is 18.2 Å². The summed E-state index contributed by atoms with van der Waals surface area (Å²) in [5.74, 6) is 0.778. The van der Waals surface area contributed by atoms with Gasteiger partial charge in [0.1, 0.15) is 0 Å². The SMILES string of the molecule is CCCCN1C(=O)CC(CNC)C1(C)C. The minimum absolute atomic E-state index is 0.0231. The minimum atomic E-state index is 0.0231. The first-order valence-corrected chi connectivity index (χ1v) is 5.99. The molecule has 1 N–H and O–H groups in total. The zero-order chi connectivity index (χ0) is 11.5. The number of carbonyl (C=O) groups is 1. The van der Waals surface area contributed by atoms with Crippen molar-refractivity contribution in [1.29, 1.82) is 0 Å². The molecule has 3 nitrogen and oxygen atoms in total. The molecule has 0 aliphatic carbocycles. The molecule has 1 saturated heterocycles. The van der Waals surface area contributed by atoms with Gasteiger partial charge in [0.05, 0.1) is 0 Å². The van der Waals surface area contributed by atoms with E-state index in [1.165, 1.54) is 0 Å². The van der Waals surface area contributed by atoms with E-state index in [0.717, 1.165) is 25.9 Å². The van der Waals surface area contributed by atoms with Crippen LogP contribution in [0.5, 0.6) is 0 Å². The van der Waals surface area contributed by atoms with Crippen LogP contribution >= 0.6 is 0 Å². The van der Waals surface area contributed by atoms with Crippen LogP contribution in [-0.2, 0) is 4.79 Å². The smallest absolute Gasteiger partial charge is 0.223 e. The van der Waals surface area contributed by atoms with Crippen molar-refractivity contribution in [3.63, 3.8) is 0 Å². The van der Waals surface area contributed by atoms with Crippen LogP contribution in [0.4, 0.5) is 0 Å². The monoisotopic (exact) mass is 212 g/mol. The molecule has 1 unspecified atom stereocenters. The fraction of sp³-hybridized carbons (Fsp3) is 0.917. The maximum absolute atomic E-state index is 11.9. The van der Waals surface area contributed by atoms with E-state index in [9.17, 15) is 4.79 Å². The molecule has 0 aromatic heterocycles. The molecule has 1 fully saturated rings. The van der Waals surface area contributed by atoms with Crippen molar-refractivity contribution in [3.05, 3.63) is 0 Å². The van der Waals surface area contributed by atoms with Crippen LogP contribution in [0.2, 0.25) is 0 Å². The number of nitrogens with one attached hydrogen (secondary N) is 1. The summed E-state index contributed by atoms with van der Waals surface area (Å²) in [7, 11) is 1.95. The van der Waals surface area contributed by atoms with Gasteiger partial charge in [-0.3, -0.25) is 4.79 Å². The third kappa shape index (κ3) is 2.51. The van der Waals surface area contributed by atoms with E-state index in [-0.39, 0.29) is 5.54 Å². The highest BCUT2D eigenvalue weighted by molar-refractivity contribution is 5.80. The molecule has 0 aromatic rings. The van der Waals surface area contributed by atoms with Crippen LogP contribution in [0.15, 0.2) is 0 Å². The van der Waals surface area contributed by atoms with Crippen LogP contribution in [0.25, 0.3) is 0 Å². The largest absolute Gasteiger partial charge is 0.337 e. The number of unbranched alkanes of at least 4 members (excludes halogenated alkanes) is 1. The summed E-state index contributed by atoms with van der Waals surface area (Å²) in [6, 6.07) is 0. The van der Waals surface area contributed by atoms with Crippen LogP contribution in [0.1, 0.15) is 40.0 Å². The molecular formula is C12H24N2O. The van der Waals surface area contributed by atoms with E-state index >= 15 is 0 Å². The molecule has 1 amide bonds. The highest BCUT2D eigenvalue weighted by Gasteiger charge is 2.44. The van der Waals surface area contributed by atoms with Gasteiger partial charge >= 0.3 is 0 Å². The van der Waals surface area contributed by atoms with E-state index < -0.39 is 0 Å². The second-order valence-corrected chi connectivity index (χ2v) is 5.01. The van der Waals surface area contributed by atoms with Gasteiger partial charge in [-0.2, -0.15) is 0 Å². The van der Waals surface area contributed by atoms with Crippen molar-refractivity contribution < 1.29 is 4.79 Å². The number of rotatable bonds is 5. The van der Waals surface area contributed by atoms with Gasteiger partial charge in [0, 0.05) is 31.0 Å². The lowest BCUT2D eigenvalue weighted by molar-refractivity contribution is -0.130. The highest BCUT2D eigenvalue weighted by atomic mass is 16.2. The van der Waals surface area contributed by atoms with E-state index in [2.05, 4.69) is 31.0 Å². The Labute approximate surface area is 93.2 Å². The Bertz CT molecular complexity index is 226. The van der Waals surface area contributed by atoms with Crippen molar-refractivity contribution in [2.45, 2.75) is 45.6 Å². The molecule has 1 heterocycles. The average molecular weight is 212 g/mol. The third-order valence-electron chi connectivity index (χ3n) is 3.60. The first-order chi connectivity index (χ1) is 7.04. The Morgan fingerprint density at radius 2 is 2.20 bits per heavy atom. The van der Waals surface area contributed by atoms with E-state index in [1.54, 1.807) is 0 Å². The maximum atomic E-state index is 11.9. The number of hydrogen-bond donors (Lipinski definition) is 1. The minimum Gasteiger partial charge on any atom is -0.337 e. The van der Waals surface area contributed by atoms with Crippen molar-refractivity contribution >= 4 is 5.91 Å². The van der Waals surface area contributed by atoms with Gasteiger partial charge in [0.25, 0.3) is 0 Å². The van der Waals surface area contributed by atoms with E-state index in [4.69, 9.17) is 0 Å². The second kappa shape index (κ2) is 4.97.